The fourth-order valence-electron chi connectivity index (χ4n) is 1.00. The molecule has 0 aliphatic heterocycles. The second-order valence-electron chi connectivity index (χ2n) is 2.56. The van der Waals surface area contributed by atoms with Crippen molar-refractivity contribution in [3.05, 3.63) is 29.8 Å². The van der Waals surface area contributed by atoms with Gasteiger partial charge in [-0.2, -0.15) is 8.78 Å². The van der Waals surface area contributed by atoms with Crippen LogP contribution in [0.3, 0.4) is 0 Å². The van der Waals surface area contributed by atoms with Crippen LogP contribution in [0, 0.1) is 0 Å². The van der Waals surface area contributed by atoms with Crippen molar-refractivity contribution in [3.8, 4) is 5.75 Å². The number of ether oxygens (including phenoxy) is 1. The summed E-state index contributed by atoms with van der Waals surface area (Å²) in [5.74, 6) is 0.177. The molecule has 0 fully saturated rings. The lowest BCUT2D eigenvalue weighted by atomic mass is 10.1. The van der Waals surface area contributed by atoms with Crippen LogP contribution in [0.25, 0.3) is 0 Å². The van der Waals surface area contributed by atoms with Gasteiger partial charge in [0.05, 0.1) is 0 Å². The average molecular weight is 187 g/mol. The Balaban J connectivity index is 2.59. The van der Waals surface area contributed by atoms with E-state index in [9.17, 15) is 8.78 Å². The van der Waals surface area contributed by atoms with Crippen molar-refractivity contribution in [1.82, 2.24) is 0 Å². The number of nitrogens with two attached hydrogens (primary N) is 1. The third kappa shape index (κ3) is 3.38. The van der Waals surface area contributed by atoms with Crippen molar-refractivity contribution in [1.29, 1.82) is 0 Å². The van der Waals surface area contributed by atoms with Crippen LogP contribution in [-0.2, 0) is 6.42 Å². The predicted molar refractivity (Wildman–Crippen MR) is 45.8 cm³/mol. The standard InChI is InChI=1S/C9H11F2NO/c10-9(11)13-8-3-1-7(2-4-8)5-6-12/h1-4,9H,5-6,12H2. The molecule has 0 saturated heterocycles. The summed E-state index contributed by atoms with van der Waals surface area (Å²) in [7, 11) is 0. The van der Waals surface area contributed by atoms with E-state index >= 15 is 0 Å². The van der Waals surface area contributed by atoms with Gasteiger partial charge in [0.1, 0.15) is 5.75 Å². The first-order valence-corrected chi connectivity index (χ1v) is 3.96. The van der Waals surface area contributed by atoms with Gasteiger partial charge in [0.15, 0.2) is 0 Å². The van der Waals surface area contributed by atoms with E-state index in [1.165, 1.54) is 12.1 Å². The Hall–Kier alpha value is -1.16. The predicted octanol–water partition coefficient (Wildman–Crippen LogP) is 1.79. The maximum atomic E-state index is 11.7. The largest absolute Gasteiger partial charge is 0.435 e. The van der Waals surface area contributed by atoms with Crippen LogP contribution < -0.4 is 10.5 Å². The molecule has 72 valence electrons. The minimum Gasteiger partial charge on any atom is -0.435 e. The Bertz CT molecular complexity index is 248. The van der Waals surface area contributed by atoms with Crippen LogP contribution in [0.4, 0.5) is 8.78 Å². The molecule has 0 aromatic heterocycles. The van der Waals surface area contributed by atoms with Gasteiger partial charge >= 0.3 is 6.61 Å². The van der Waals surface area contributed by atoms with Gasteiger partial charge in [-0.1, -0.05) is 12.1 Å². The quantitative estimate of drug-likeness (QED) is 0.779. The molecule has 13 heavy (non-hydrogen) atoms. The number of hydrogen-bond acceptors (Lipinski definition) is 2. The highest BCUT2D eigenvalue weighted by Gasteiger charge is 2.02. The summed E-state index contributed by atoms with van der Waals surface area (Å²) in [4.78, 5) is 0. The lowest BCUT2D eigenvalue weighted by Gasteiger charge is -2.04. The summed E-state index contributed by atoms with van der Waals surface area (Å²) in [6, 6.07) is 6.48. The van der Waals surface area contributed by atoms with Crippen LogP contribution >= 0.6 is 0 Å². The third-order valence-electron chi connectivity index (χ3n) is 1.58. The number of benzene rings is 1. The number of halogens is 2. The zero-order chi connectivity index (χ0) is 9.68. The van der Waals surface area contributed by atoms with Gasteiger partial charge in [-0.25, -0.2) is 0 Å². The summed E-state index contributed by atoms with van der Waals surface area (Å²) in [5.41, 5.74) is 6.35. The van der Waals surface area contributed by atoms with Crippen molar-refractivity contribution >= 4 is 0 Å². The van der Waals surface area contributed by atoms with E-state index in [1.54, 1.807) is 12.1 Å². The van der Waals surface area contributed by atoms with Crippen molar-refractivity contribution in [3.63, 3.8) is 0 Å². The first-order valence-electron chi connectivity index (χ1n) is 3.96. The fraction of sp³-hybridized carbons (Fsp3) is 0.333. The zero-order valence-corrected chi connectivity index (χ0v) is 7.04. The maximum absolute atomic E-state index is 11.7. The summed E-state index contributed by atoms with van der Waals surface area (Å²) in [6.45, 7) is -2.21. The van der Waals surface area contributed by atoms with Crippen molar-refractivity contribution in [2.45, 2.75) is 13.0 Å². The minimum absolute atomic E-state index is 0.177. The monoisotopic (exact) mass is 187 g/mol. The molecule has 0 saturated carbocycles. The fourth-order valence-corrected chi connectivity index (χ4v) is 1.00. The molecule has 0 amide bonds. The van der Waals surface area contributed by atoms with E-state index in [0.717, 1.165) is 12.0 Å². The van der Waals surface area contributed by atoms with Crippen LogP contribution in [0.15, 0.2) is 24.3 Å². The van der Waals surface area contributed by atoms with E-state index in [2.05, 4.69) is 4.74 Å². The first kappa shape index (κ1) is 9.92. The Labute approximate surface area is 75.3 Å². The highest BCUT2D eigenvalue weighted by atomic mass is 19.3. The molecule has 4 heteroatoms. The topological polar surface area (TPSA) is 35.2 Å². The van der Waals surface area contributed by atoms with E-state index < -0.39 is 6.61 Å². The highest BCUT2D eigenvalue weighted by molar-refractivity contribution is 5.27. The molecule has 0 spiro atoms. The van der Waals surface area contributed by atoms with Gasteiger partial charge in [0, 0.05) is 0 Å². The van der Waals surface area contributed by atoms with Gasteiger partial charge in [0.25, 0.3) is 0 Å². The maximum Gasteiger partial charge on any atom is 0.387 e. The van der Waals surface area contributed by atoms with Crippen LogP contribution in [-0.4, -0.2) is 13.2 Å². The normalized spacial score (nSPS) is 10.5. The molecule has 2 nitrogen and oxygen atoms in total. The molecule has 1 aromatic rings. The number of rotatable bonds is 4. The third-order valence-corrected chi connectivity index (χ3v) is 1.58. The first-order chi connectivity index (χ1) is 6.22. The molecule has 2 N–H and O–H groups in total. The Morgan fingerprint density at radius 1 is 1.23 bits per heavy atom. The molecular formula is C9H11F2NO. The summed E-state index contributed by atoms with van der Waals surface area (Å²) in [5, 5.41) is 0. The second kappa shape index (κ2) is 4.77. The lowest BCUT2D eigenvalue weighted by molar-refractivity contribution is -0.0498. The van der Waals surface area contributed by atoms with E-state index in [-0.39, 0.29) is 5.75 Å². The Kier molecular flexibility index (Phi) is 3.64. The lowest BCUT2D eigenvalue weighted by Crippen LogP contribution is -2.04. The van der Waals surface area contributed by atoms with Crippen LogP contribution in [0.2, 0.25) is 0 Å². The van der Waals surface area contributed by atoms with E-state index in [0.29, 0.717) is 6.54 Å². The molecule has 0 atom stereocenters. The molecule has 0 radical (unpaired) electrons. The van der Waals surface area contributed by atoms with Crippen LogP contribution in [0.1, 0.15) is 5.56 Å². The van der Waals surface area contributed by atoms with Gasteiger partial charge in [-0.3, -0.25) is 0 Å². The molecule has 0 bridgehead atoms. The van der Waals surface area contributed by atoms with Crippen molar-refractivity contribution in [2.24, 2.45) is 5.73 Å². The second-order valence-corrected chi connectivity index (χ2v) is 2.56. The molecule has 1 rings (SSSR count). The SMILES string of the molecule is NCCc1ccc(OC(F)F)cc1. The average Bonchev–Trinajstić information content (AvgIpc) is 2.08. The number of hydrogen-bond donors (Lipinski definition) is 1. The smallest absolute Gasteiger partial charge is 0.387 e. The highest BCUT2D eigenvalue weighted by Crippen LogP contribution is 2.14. The molecule has 0 aliphatic carbocycles. The summed E-state index contributed by atoms with van der Waals surface area (Å²) >= 11 is 0. The van der Waals surface area contributed by atoms with E-state index in [1.807, 2.05) is 0 Å². The van der Waals surface area contributed by atoms with Crippen molar-refractivity contribution in [2.75, 3.05) is 6.54 Å². The summed E-state index contributed by atoms with van der Waals surface area (Å²) in [6.07, 6.45) is 0.745. The van der Waals surface area contributed by atoms with Crippen molar-refractivity contribution < 1.29 is 13.5 Å². The molecule has 0 heterocycles. The molecule has 0 aliphatic rings. The zero-order valence-electron chi connectivity index (χ0n) is 7.04. The van der Waals surface area contributed by atoms with Gasteiger partial charge in [0.2, 0.25) is 0 Å². The van der Waals surface area contributed by atoms with Gasteiger partial charge in [-0.15, -0.1) is 0 Å². The summed E-state index contributed by atoms with van der Waals surface area (Å²) < 4.78 is 27.6. The van der Waals surface area contributed by atoms with Gasteiger partial charge in [-0.05, 0) is 30.7 Å². The van der Waals surface area contributed by atoms with E-state index in [4.69, 9.17) is 5.73 Å². The Morgan fingerprint density at radius 2 is 1.85 bits per heavy atom. The minimum atomic E-state index is -2.76. The molecular weight excluding hydrogens is 176 g/mol. The molecule has 0 unspecified atom stereocenters. The number of alkyl halides is 2. The van der Waals surface area contributed by atoms with Crippen LogP contribution in [0.5, 0.6) is 5.75 Å². The Morgan fingerprint density at radius 3 is 2.31 bits per heavy atom. The van der Waals surface area contributed by atoms with Gasteiger partial charge < -0.3 is 10.5 Å². The molecule has 1 aromatic carbocycles.